The Morgan fingerprint density at radius 1 is 1.00 bits per heavy atom. The number of aromatic nitrogens is 3. The molecule has 0 bridgehead atoms. The predicted molar refractivity (Wildman–Crippen MR) is 169 cm³/mol. The number of urea groups is 1. The normalized spacial score (nSPS) is 19.8. The number of hydrogen-bond acceptors (Lipinski definition) is 8. The summed E-state index contributed by atoms with van der Waals surface area (Å²) in [6, 6.07) is 19.0. The number of rotatable bonds is 10. The first-order valence-corrected chi connectivity index (χ1v) is 15.2. The van der Waals surface area contributed by atoms with Crippen molar-refractivity contribution >= 4 is 23.1 Å². The molecule has 6 rings (SSSR count). The maximum Gasteiger partial charge on any atom is 0.319 e. The van der Waals surface area contributed by atoms with Gasteiger partial charge in [0.1, 0.15) is 42.2 Å². The van der Waals surface area contributed by atoms with Gasteiger partial charge in [-0.1, -0.05) is 6.07 Å². The number of ether oxygens (including phenoxy) is 3. The van der Waals surface area contributed by atoms with E-state index in [1.807, 2.05) is 62.4 Å². The van der Waals surface area contributed by atoms with Crippen LogP contribution >= 0.6 is 0 Å². The van der Waals surface area contributed by atoms with Crippen molar-refractivity contribution in [1.82, 2.24) is 20.1 Å². The summed E-state index contributed by atoms with van der Waals surface area (Å²) in [7, 11) is 0. The zero-order chi connectivity index (χ0) is 32.1. The fourth-order valence-electron chi connectivity index (χ4n) is 5.70. The number of halogens is 2. The SMILES string of the molecule is CC(C)NC(=O)Nc1ccc(N2CCN(c3ccc(OC[C@H]4OC[C@](Cn5cncn5)(c5ccc(F)cc5F)O4)cc3)CC2)cc1. The van der Waals surface area contributed by atoms with Crippen LogP contribution in [0.1, 0.15) is 19.4 Å². The van der Waals surface area contributed by atoms with Gasteiger partial charge in [-0.2, -0.15) is 5.10 Å². The molecule has 4 aromatic rings. The number of amides is 2. The van der Waals surface area contributed by atoms with E-state index in [4.69, 9.17) is 14.2 Å². The van der Waals surface area contributed by atoms with Crippen LogP contribution in [0.4, 0.5) is 30.6 Å². The number of carbonyl (C=O) groups is 1. The summed E-state index contributed by atoms with van der Waals surface area (Å²) in [6.07, 6.45) is 2.11. The minimum absolute atomic E-state index is 0.0326. The average Bonchev–Trinajstić information content (AvgIpc) is 3.71. The highest BCUT2D eigenvalue weighted by atomic mass is 19.1. The van der Waals surface area contributed by atoms with E-state index in [1.54, 1.807) is 0 Å². The van der Waals surface area contributed by atoms with Crippen molar-refractivity contribution in [2.24, 2.45) is 0 Å². The van der Waals surface area contributed by atoms with E-state index in [0.717, 1.165) is 49.3 Å². The van der Waals surface area contributed by atoms with Gasteiger partial charge in [-0.05, 0) is 68.4 Å². The monoisotopic (exact) mass is 633 g/mol. The summed E-state index contributed by atoms with van der Waals surface area (Å²) in [6.45, 7) is 7.52. The molecule has 2 aliphatic rings. The highest BCUT2D eigenvalue weighted by Gasteiger charge is 2.45. The molecule has 0 saturated carbocycles. The van der Waals surface area contributed by atoms with E-state index in [9.17, 15) is 13.6 Å². The van der Waals surface area contributed by atoms with Gasteiger partial charge < -0.3 is 34.6 Å². The number of nitrogens with zero attached hydrogens (tertiary/aromatic N) is 5. The Hall–Kier alpha value is -4.75. The van der Waals surface area contributed by atoms with Gasteiger partial charge in [0.2, 0.25) is 0 Å². The fraction of sp³-hybridized carbons (Fsp3) is 0.364. The van der Waals surface area contributed by atoms with Gasteiger partial charge >= 0.3 is 6.03 Å². The predicted octanol–water partition coefficient (Wildman–Crippen LogP) is 4.76. The van der Waals surface area contributed by atoms with Gasteiger partial charge in [0, 0.05) is 60.9 Å². The van der Waals surface area contributed by atoms with Gasteiger partial charge in [0.15, 0.2) is 6.29 Å². The van der Waals surface area contributed by atoms with E-state index >= 15 is 0 Å². The van der Waals surface area contributed by atoms with Crippen LogP contribution in [0.2, 0.25) is 0 Å². The van der Waals surface area contributed by atoms with Gasteiger partial charge in [-0.15, -0.1) is 0 Å². The van der Waals surface area contributed by atoms with Crippen LogP contribution in [0.15, 0.2) is 79.4 Å². The molecule has 0 radical (unpaired) electrons. The summed E-state index contributed by atoms with van der Waals surface area (Å²) in [4.78, 5) is 20.6. The smallest absolute Gasteiger partial charge is 0.319 e. The molecule has 46 heavy (non-hydrogen) atoms. The fourth-order valence-corrected chi connectivity index (χ4v) is 5.70. The molecule has 2 aliphatic heterocycles. The summed E-state index contributed by atoms with van der Waals surface area (Å²) >= 11 is 0. The second-order valence-electron chi connectivity index (χ2n) is 11.6. The first-order chi connectivity index (χ1) is 22.3. The Balaban J connectivity index is 1.00. The molecule has 3 heterocycles. The molecule has 2 amide bonds. The van der Waals surface area contributed by atoms with Crippen molar-refractivity contribution in [2.45, 2.75) is 38.3 Å². The molecule has 11 nitrogen and oxygen atoms in total. The Kier molecular flexibility index (Phi) is 9.31. The van der Waals surface area contributed by atoms with Crippen molar-refractivity contribution in [1.29, 1.82) is 0 Å². The molecule has 0 unspecified atom stereocenters. The first kappa shape index (κ1) is 31.2. The number of carbonyl (C=O) groups excluding carboxylic acids is 1. The minimum Gasteiger partial charge on any atom is -0.488 e. The Morgan fingerprint density at radius 3 is 2.28 bits per heavy atom. The first-order valence-electron chi connectivity index (χ1n) is 15.2. The van der Waals surface area contributed by atoms with Crippen LogP contribution in [0.3, 0.4) is 0 Å². The van der Waals surface area contributed by atoms with Crippen molar-refractivity contribution in [2.75, 3.05) is 54.5 Å². The minimum atomic E-state index is -1.23. The molecule has 2 fully saturated rings. The Bertz CT molecular complexity index is 1600. The van der Waals surface area contributed by atoms with Gasteiger partial charge in [0.05, 0.1) is 13.2 Å². The summed E-state index contributed by atoms with van der Waals surface area (Å²) in [5.74, 6) is -0.749. The van der Waals surface area contributed by atoms with Crippen molar-refractivity contribution in [3.05, 3.63) is 96.6 Å². The van der Waals surface area contributed by atoms with E-state index < -0.39 is 23.5 Å². The molecule has 3 aromatic carbocycles. The lowest BCUT2D eigenvalue weighted by atomic mass is 9.94. The zero-order valence-corrected chi connectivity index (χ0v) is 25.7. The standard InChI is InChI=1S/C33H37F2N7O4/c1-23(2)38-32(43)39-25-4-6-26(7-5-25)40-13-15-41(16-14-40)27-8-10-28(11-9-27)44-18-31-45-20-33(46-31,19-42-22-36-21-37-42)29-12-3-24(34)17-30(29)35/h3-12,17,21-23,31H,13-16,18-20H2,1-2H3,(H2,38,39,43)/t31-,33+/m0/s1. The highest BCUT2D eigenvalue weighted by Crippen LogP contribution is 2.37. The number of anilines is 3. The second-order valence-corrected chi connectivity index (χ2v) is 11.6. The molecule has 0 spiro atoms. The maximum atomic E-state index is 14.9. The topological polar surface area (TPSA) is 106 Å². The molecular formula is C33H37F2N7O4. The third-order valence-electron chi connectivity index (χ3n) is 7.94. The second kappa shape index (κ2) is 13.7. The summed E-state index contributed by atoms with van der Waals surface area (Å²) in [5.41, 5.74) is 1.91. The van der Waals surface area contributed by atoms with Crippen molar-refractivity contribution in [3.8, 4) is 5.75 Å². The number of nitrogens with one attached hydrogen (secondary N) is 2. The quantitative estimate of drug-likeness (QED) is 0.258. The highest BCUT2D eigenvalue weighted by molar-refractivity contribution is 5.89. The molecular weight excluding hydrogens is 596 g/mol. The maximum absolute atomic E-state index is 14.9. The van der Waals surface area contributed by atoms with Crippen LogP contribution < -0.4 is 25.2 Å². The third kappa shape index (κ3) is 7.37. The van der Waals surface area contributed by atoms with Crippen LogP contribution in [-0.4, -0.2) is 72.5 Å². The van der Waals surface area contributed by atoms with Gasteiger partial charge in [0.25, 0.3) is 0 Å². The average molecular weight is 634 g/mol. The Labute approximate surface area is 266 Å². The molecule has 2 atom stereocenters. The van der Waals surface area contributed by atoms with Crippen LogP contribution in [0, 0.1) is 11.6 Å². The van der Waals surface area contributed by atoms with E-state index in [2.05, 4.69) is 30.5 Å². The third-order valence-corrected chi connectivity index (χ3v) is 7.94. The largest absolute Gasteiger partial charge is 0.488 e. The van der Waals surface area contributed by atoms with Crippen LogP contribution in [0.5, 0.6) is 5.75 Å². The molecule has 242 valence electrons. The summed E-state index contributed by atoms with van der Waals surface area (Å²) in [5, 5.41) is 9.79. The van der Waals surface area contributed by atoms with Crippen LogP contribution in [0.25, 0.3) is 0 Å². The van der Waals surface area contributed by atoms with Crippen LogP contribution in [-0.2, 0) is 21.6 Å². The Morgan fingerprint density at radius 2 is 1.67 bits per heavy atom. The summed E-state index contributed by atoms with van der Waals surface area (Å²) < 4.78 is 48.1. The van der Waals surface area contributed by atoms with Gasteiger partial charge in [-0.3, -0.25) is 0 Å². The van der Waals surface area contributed by atoms with E-state index in [-0.39, 0.29) is 37.4 Å². The number of benzene rings is 3. The van der Waals surface area contributed by atoms with Crippen molar-refractivity contribution < 1.29 is 27.8 Å². The van der Waals surface area contributed by atoms with E-state index in [0.29, 0.717) is 5.75 Å². The van der Waals surface area contributed by atoms with Gasteiger partial charge in [-0.25, -0.2) is 23.2 Å². The molecule has 0 aliphatic carbocycles. The number of hydrogen-bond donors (Lipinski definition) is 2. The number of piperazine rings is 1. The van der Waals surface area contributed by atoms with E-state index in [1.165, 1.54) is 29.5 Å². The zero-order valence-electron chi connectivity index (χ0n) is 25.7. The lowest BCUT2D eigenvalue weighted by Crippen LogP contribution is -2.46. The molecule has 2 saturated heterocycles. The molecule has 2 N–H and O–H groups in total. The molecule has 13 heteroatoms. The van der Waals surface area contributed by atoms with Crippen molar-refractivity contribution in [3.63, 3.8) is 0 Å². The lowest BCUT2D eigenvalue weighted by molar-refractivity contribution is -0.117. The molecule has 1 aromatic heterocycles. The lowest BCUT2D eigenvalue weighted by Gasteiger charge is -2.37.